The average Bonchev–Trinajstić information content (AvgIpc) is 2.71. The Morgan fingerprint density at radius 3 is 2.07 bits per heavy atom. The molecule has 2 N–H and O–H groups in total. The zero-order valence-corrected chi connectivity index (χ0v) is 18.1. The topological polar surface area (TPSA) is 33.3 Å². The summed E-state index contributed by atoms with van der Waals surface area (Å²) in [5, 5.41) is 7.87. The lowest BCUT2D eigenvalue weighted by Crippen LogP contribution is -2.28. The van der Waals surface area contributed by atoms with Gasteiger partial charge >= 0.3 is 0 Å². The first-order chi connectivity index (χ1) is 14.0. The lowest BCUT2D eigenvalue weighted by molar-refractivity contribution is 0.185. The van der Waals surface area contributed by atoms with Crippen molar-refractivity contribution in [2.45, 2.75) is 32.9 Å². The number of benzene rings is 3. The van der Waals surface area contributed by atoms with E-state index in [0.29, 0.717) is 11.6 Å². The molecule has 0 heterocycles. The van der Waals surface area contributed by atoms with Crippen LogP contribution >= 0.6 is 11.6 Å². The van der Waals surface area contributed by atoms with Gasteiger partial charge in [0.25, 0.3) is 0 Å². The molecule has 4 heteroatoms. The summed E-state index contributed by atoms with van der Waals surface area (Å²) >= 11 is 6.27. The van der Waals surface area contributed by atoms with Crippen molar-refractivity contribution >= 4 is 23.0 Å². The van der Waals surface area contributed by atoms with E-state index in [-0.39, 0.29) is 6.04 Å². The van der Waals surface area contributed by atoms with Gasteiger partial charge in [0.2, 0.25) is 0 Å². The molecule has 0 saturated heterocycles. The van der Waals surface area contributed by atoms with Crippen LogP contribution in [0.15, 0.2) is 66.7 Å². The maximum absolute atomic E-state index is 6.27. The molecule has 3 aromatic rings. The van der Waals surface area contributed by atoms with Crippen molar-refractivity contribution in [1.29, 1.82) is 0 Å². The number of aryl methyl sites for hydroxylation is 2. The van der Waals surface area contributed by atoms with E-state index in [1.807, 2.05) is 18.2 Å². The summed E-state index contributed by atoms with van der Waals surface area (Å²) in [6.07, 6.45) is 0.883. The van der Waals surface area contributed by atoms with E-state index >= 15 is 0 Å². The third-order valence-corrected chi connectivity index (χ3v) is 5.15. The summed E-state index contributed by atoms with van der Waals surface area (Å²) in [7, 11) is 1.74. The molecule has 0 saturated carbocycles. The molecule has 0 aromatic heterocycles. The average molecular weight is 409 g/mol. The van der Waals surface area contributed by atoms with Gasteiger partial charge in [-0.3, -0.25) is 0 Å². The fourth-order valence-electron chi connectivity index (χ4n) is 3.27. The monoisotopic (exact) mass is 408 g/mol. The van der Waals surface area contributed by atoms with Gasteiger partial charge in [0.15, 0.2) is 0 Å². The fraction of sp³-hybridized carbons (Fsp3) is 0.280. The maximum Gasteiger partial charge on any atom is 0.0667 e. The number of hydrogen-bond acceptors (Lipinski definition) is 3. The van der Waals surface area contributed by atoms with Crippen molar-refractivity contribution in [2.24, 2.45) is 0 Å². The molecule has 0 aliphatic rings. The van der Waals surface area contributed by atoms with Gasteiger partial charge in [-0.05, 0) is 49.6 Å². The first-order valence-electron chi connectivity index (χ1n) is 9.93. The number of anilines is 2. The largest absolute Gasteiger partial charge is 0.383 e. The minimum absolute atomic E-state index is 0.156. The number of rotatable bonds is 9. The van der Waals surface area contributed by atoms with E-state index in [1.165, 1.54) is 22.3 Å². The Bertz CT molecular complexity index is 907. The molecule has 0 aliphatic heterocycles. The second-order valence-electron chi connectivity index (χ2n) is 7.52. The minimum Gasteiger partial charge on any atom is -0.383 e. The zero-order valence-electron chi connectivity index (χ0n) is 17.3. The van der Waals surface area contributed by atoms with Gasteiger partial charge in [-0.2, -0.15) is 0 Å². The van der Waals surface area contributed by atoms with E-state index in [1.54, 1.807) is 7.11 Å². The Morgan fingerprint density at radius 2 is 1.45 bits per heavy atom. The first kappa shape index (κ1) is 21.2. The summed E-state index contributed by atoms with van der Waals surface area (Å²) in [5.41, 5.74) is 7.06. The highest BCUT2D eigenvalue weighted by atomic mass is 35.5. The van der Waals surface area contributed by atoms with Crippen LogP contribution in [0.1, 0.15) is 22.3 Å². The Morgan fingerprint density at radius 1 is 0.828 bits per heavy atom. The Labute approximate surface area is 179 Å². The van der Waals surface area contributed by atoms with Gasteiger partial charge < -0.3 is 15.4 Å². The fourth-order valence-corrected chi connectivity index (χ4v) is 3.45. The SMILES string of the molecule is COC[C@H](Cc1ccc(C)cc1)Nc1ccc(Cl)cc1NCc1ccc(C)cc1. The number of hydrogen-bond donors (Lipinski definition) is 2. The molecule has 0 fully saturated rings. The molecule has 29 heavy (non-hydrogen) atoms. The molecule has 3 rings (SSSR count). The maximum atomic E-state index is 6.27. The van der Waals surface area contributed by atoms with Crippen molar-refractivity contribution in [3.05, 3.63) is 94.0 Å². The lowest BCUT2D eigenvalue weighted by Gasteiger charge is -2.22. The van der Waals surface area contributed by atoms with Gasteiger partial charge in [0, 0.05) is 18.7 Å². The summed E-state index contributed by atoms with van der Waals surface area (Å²) < 4.78 is 5.47. The number of nitrogens with one attached hydrogen (secondary N) is 2. The van der Waals surface area contributed by atoms with E-state index in [0.717, 1.165) is 24.3 Å². The molecule has 0 aliphatic carbocycles. The molecule has 0 radical (unpaired) electrons. The summed E-state index contributed by atoms with van der Waals surface area (Å²) in [5.74, 6) is 0. The molecule has 0 unspecified atom stereocenters. The second kappa shape index (κ2) is 10.3. The molecule has 1 atom stereocenters. The van der Waals surface area contributed by atoms with Crippen molar-refractivity contribution in [1.82, 2.24) is 0 Å². The van der Waals surface area contributed by atoms with Crippen LogP contribution in [0.4, 0.5) is 11.4 Å². The van der Waals surface area contributed by atoms with E-state index in [2.05, 4.69) is 73.0 Å². The molecule has 152 valence electrons. The van der Waals surface area contributed by atoms with Crippen LogP contribution in [0.3, 0.4) is 0 Å². The van der Waals surface area contributed by atoms with Gasteiger partial charge in [-0.25, -0.2) is 0 Å². The molecule has 0 amide bonds. The number of methoxy groups -OCH3 is 1. The van der Waals surface area contributed by atoms with Crippen LogP contribution < -0.4 is 10.6 Å². The number of halogens is 1. The highest BCUT2D eigenvalue weighted by Crippen LogP contribution is 2.27. The summed E-state index contributed by atoms with van der Waals surface area (Å²) in [6, 6.07) is 23.3. The van der Waals surface area contributed by atoms with E-state index in [4.69, 9.17) is 16.3 Å². The van der Waals surface area contributed by atoms with Crippen molar-refractivity contribution in [2.75, 3.05) is 24.4 Å². The van der Waals surface area contributed by atoms with E-state index in [9.17, 15) is 0 Å². The molecular weight excluding hydrogens is 380 g/mol. The van der Waals surface area contributed by atoms with Crippen LogP contribution in [0.2, 0.25) is 5.02 Å². The molecule has 3 aromatic carbocycles. The van der Waals surface area contributed by atoms with Crippen LogP contribution in [-0.4, -0.2) is 19.8 Å². The molecule has 0 bridgehead atoms. The van der Waals surface area contributed by atoms with Gasteiger partial charge in [-0.15, -0.1) is 0 Å². The Hall–Kier alpha value is -2.49. The Kier molecular flexibility index (Phi) is 7.56. The minimum atomic E-state index is 0.156. The van der Waals surface area contributed by atoms with Crippen LogP contribution in [0, 0.1) is 13.8 Å². The quantitative estimate of drug-likeness (QED) is 0.439. The van der Waals surface area contributed by atoms with Crippen LogP contribution in [-0.2, 0) is 17.7 Å². The second-order valence-corrected chi connectivity index (χ2v) is 7.95. The smallest absolute Gasteiger partial charge is 0.0667 e. The van der Waals surface area contributed by atoms with Crippen molar-refractivity contribution in [3.63, 3.8) is 0 Å². The van der Waals surface area contributed by atoms with Gasteiger partial charge in [-0.1, -0.05) is 71.3 Å². The zero-order chi connectivity index (χ0) is 20.6. The first-order valence-corrected chi connectivity index (χ1v) is 10.3. The van der Waals surface area contributed by atoms with Crippen LogP contribution in [0.5, 0.6) is 0 Å². The lowest BCUT2D eigenvalue weighted by atomic mass is 10.0. The van der Waals surface area contributed by atoms with Crippen LogP contribution in [0.25, 0.3) is 0 Å². The third-order valence-electron chi connectivity index (χ3n) is 4.92. The Balaban J connectivity index is 1.73. The summed E-state index contributed by atoms with van der Waals surface area (Å²) in [4.78, 5) is 0. The van der Waals surface area contributed by atoms with E-state index < -0.39 is 0 Å². The van der Waals surface area contributed by atoms with Gasteiger partial charge in [0.05, 0.1) is 24.0 Å². The summed E-state index contributed by atoms with van der Waals surface area (Å²) in [6.45, 7) is 5.56. The highest BCUT2D eigenvalue weighted by Gasteiger charge is 2.13. The highest BCUT2D eigenvalue weighted by molar-refractivity contribution is 6.31. The molecule has 3 nitrogen and oxygen atoms in total. The standard InChI is InChI=1S/C25H29ClN2O/c1-18-4-8-20(9-5-18)14-23(17-29-3)28-24-13-12-22(26)15-25(24)27-16-21-10-6-19(2)7-11-21/h4-13,15,23,27-28H,14,16-17H2,1-3H3/t23-/m0/s1. The molecular formula is C25H29ClN2O. The van der Waals surface area contributed by atoms with Crippen molar-refractivity contribution in [3.8, 4) is 0 Å². The van der Waals surface area contributed by atoms with Crippen molar-refractivity contribution < 1.29 is 4.74 Å². The van der Waals surface area contributed by atoms with Gasteiger partial charge in [0.1, 0.15) is 0 Å². The number of ether oxygens (including phenoxy) is 1. The third kappa shape index (κ3) is 6.52. The predicted octanol–water partition coefficient (Wildman–Crippen LogP) is 6.24. The molecule has 0 spiro atoms. The predicted molar refractivity (Wildman–Crippen MR) is 124 cm³/mol. The normalized spacial score (nSPS) is 11.9.